The molecule has 5 rings (SSSR count). The maximum absolute atomic E-state index is 12.9. The second kappa shape index (κ2) is 12.4. The zero-order valence-corrected chi connectivity index (χ0v) is 23.4. The van der Waals surface area contributed by atoms with Gasteiger partial charge in [0, 0.05) is 34.5 Å². The van der Waals surface area contributed by atoms with Crippen LogP contribution in [0.15, 0.2) is 28.8 Å². The van der Waals surface area contributed by atoms with Gasteiger partial charge in [-0.3, -0.25) is 4.79 Å². The number of nitrogens with two attached hydrogens (primary N) is 1. The first-order valence-corrected chi connectivity index (χ1v) is 15.1. The van der Waals surface area contributed by atoms with Crippen molar-refractivity contribution in [1.29, 1.82) is 0 Å². The van der Waals surface area contributed by atoms with E-state index in [4.69, 9.17) is 10.3 Å². The number of anilines is 1. The minimum atomic E-state index is -0.00292. The molecule has 1 amide bonds. The molecule has 0 radical (unpaired) electrons. The monoisotopic (exact) mass is 536 g/mol. The van der Waals surface area contributed by atoms with Crippen LogP contribution in [-0.4, -0.2) is 51.1 Å². The summed E-state index contributed by atoms with van der Waals surface area (Å²) in [5.74, 6) is 1.91. The molecule has 0 saturated heterocycles. The summed E-state index contributed by atoms with van der Waals surface area (Å²) in [6, 6.07) is 8.32. The van der Waals surface area contributed by atoms with Crippen molar-refractivity contribution in [2.75, 3.05) is 18.8 Å². The van der Waals surface area contributed by atoms with Crippen LogP contribution in [0.2, 0.25) is 0 Å². The molecule has 2 aliphatic carbocycles. The molecule has 3 aromatic rings. The van der Waals surface area contributed by atoms with Crippen LogP contribution in [0, 0.1) is 5.92 Å². The number of nitrogen functional groups attached to an aromatic ring is 1. The Bertz CT molecular complexity index is 1200. The van der Waals surface area contributed by atoms with E-state index in [-0.39, 0.29) is 11.9 Å². The zero-order valence-electron chi connectivity index (χ0n) is 22.6. The van der Waals surface area contributed by atoms with E-state index in [1.165, 1.54) is 42.7 Å². The van der Waals surface area contributed by atoms with Gasteiger partial charge in [-0.15, -0.1) is 11.3 Å². The van der Waals surface area contributed by atoms with Crippen molar-refractivity contribution in [1.82, 2.24) is 25.3 Å². The first-order valence-electron chi connectivity index (χ1n) is 14.2. The predicted molar refractivity (Wildman–Crippen MR) is 151 cm³/mol. The fourth-order valence-electron chi connectivity index (χ4n) is 5.95. The molecule has 3 N–H and O–H groups in total. The van der Waals surface area contributed by atoms with Crippen molar-refractivity contribution < 1.29 is 9.32 Å². The average molecular weight is 537 g/mol. The lowest BCUT2D eigenvalue weighted by Gasteiger charge is -2.36. The molecule has 2 aliphatic rings. The molecule has 38 heavy (non-hydrogen) atoms. The molecular formula is C29H40N6O2S. The van der Waals surface area contributed by atoms with Gasteiger partial charge in [0.1, 0.15) is 0 Å². The van der Waals surface area contributed by atoms with Crippen molar-refractivity contribution in [3.05, 3.63) is 46.3 Å². The summed E-state index contributed by atoms with van der Waals surface area (Å²) in [7, 11) is 0. The molecule has 1 fully saturated rings. The Morgan fingerprint density at radius 1 is 1.11 bits per heavy atom. The Hall–Kier alpha value is -2.78. The van der Waals surface area contributed by atoms with E-state index in [0.29, 0.717) is 34.9 Å². The van der Waals surface area contributed by atoms with Crippen molar-refractivity contribution in [3.63, 3.8) is 0 Å². The highest BCUT2D eigenvalue weighted by atomic mass is 32.1. The molecule has 2 aromatic heterocycles. The molecule has 2 heterocycles. The van der Waals surface area contributed by atoms with Gasteiger partial charge in [-0.2, -0.15) is 4.98 Å². The van der Waals surface area contributed by atoms with Crippen LogP contribution < -0.4 is 11.1 Å². The quantitative estimate of drug-likeness (QED) is 0.362. The number of aromatic nitrogens is 3. The van der Waals surface area contributed by atoms with Crippen LogP contribution in [0.4, 0.5) is 5.13 Å². The van der Waals surface area contributed by atoms with Crippen LogP contribution in [0.5, 0.6) is 0 Å². The number of aryl methyl sites for hydroxylation is 2. The summed E-state index contributed by atoms with van der Waals surface area (Å²) in [5.41, 5.74) is 8.72. The molecule has 1 saturated carbocycles. The highest BCUT2D eigenvalue weighted by Gasteiger charge is 2.28. The molecule has 1 atom stereocenters. The number of nitrogens with one attached hydrogen (secondary N) is 1. The number of hydrogen-bond donors (Lipinski definition) is 2. The fourth-order valence-corrected chi connectivity index (χ4v) is 6.90. The van der Waals surface area contributed by atoms with Gasteiger partial charge < -0.3 is 20.5 Å². The van der Waals surface area contributed by atoms with Crippen molar-refractivity contribution >= 4 is 22.4 Å². The largest absolute Gasteiger partial charge is 0.375 e. The standard InChI is InChI=1S/C29H40N6O2S/c1-3-16-35(23-13-14-24-25(18-23)38-29(30)32-24)17-15-19-5-11-22(12-6-19)31-28(36)21-9-7-20(8-10-21)27-33-26(4-2)37-34-27/h7-10,19,22-23H,3-6,11-18H2,1-2H3,(H2,30,32)(H,31,36)/t19?,22?,23-/m1/s1. The molecule has 0 unspecified atom stereocenters. The van der Waals surface area contributed by atoms with E-state index in [1.54, 1.807) is 11.3 Å². The fraction of sp³-hybridized carbons (Fsp3) is 0.586. The molecule has 0 spiro atoms. The van der Waals surface area contributed by atoms with Crippen molar-refractivity contribution in [2.24, 2.45) is 5.92 Å². The Labute approximate surface area is 229 Å². The average Bonchev–Trinajstić information content (AvgIpc) is 3.57. The lowest BCUT2D eigenvalue weighted by molar-refractivity contribution is 0.0918. The lowest BCUT2D eigenvalue weighted by Crippen LogP contribution is -2.41. The van der Waals surface area contributed by atoms with Gasteiger partial charge in [-0.25, -0.2) is 4.98 Å². The van der Waals surface area contributed by atoms with Gasteiger partial charge in [0.25, 0.3) is 5.91 Å². The van der Waals surface area contributed by atoms with Gasteiger partial charge in [0.05, 0.1) is 5.69 Å². The second-order valence-corrected chi connectivity index (χ2v) is 11.9. The third-order valence-corrected chi connectivity index (χ3v) is 9.09. The Morgan fingerprint density at radius 2 is 1.89 bits per heavy atom. The van der Waals surface area contributed by atoms with Crippen LogP contribution in [0.3, 0.4) is 0 Å². The number of nitrogens with zero attached hydrogens (tertiary/aromatic N) is 4. The minimum Gasteiger partial charge on any atom is -0.375 e. The normalized spacial score (nSPS) is 21.4. The number of thiazole rings is 1. The molecule has 8 nitrogen and oxygen atoms in total. The summed E-state index contributed by atoms with van der Waals surface area (Å²) >= 11 is 1.68. The van der Waals surface area contributed by atoms with E-state index in [2.05, 4.69) is 32.3 Å². The molecule has 9 heteroatoms. The van der Waals surface area contributed by atoms with Crippen LogP contribution in [0.1, 0.15) is 85.6 Å². The SMILES string of the molecule is CCCN(CCC1CCC(NC(=O)c2ccc(-c3noc(CC)n3)cc2)CC1)[C@@H]1CCc2nc(N)sc2C1. The number of hydrogen-bond acceptors (Lipinski definition) is 8. The zero-order chi connectivity index (χ0) is 26.5. The Kier molecular flexibility index (Phi) is 8.74. The van der Waals surface area contributed by atoms with E-state index >= 15 is 0 Å². The maximum atomic E-state index is 12.9. The highest BCUT2D eigenvalue weighted by Crippen LogP contribution is 2.32. The number of fused-ring (bicyclic) bond motifs is 1. The number of rotatable bonds is 10. The summed E-state index contributed by atoms with van der Waals surface area (Å²) < 4.78 is 5.19. The summed E-state index contributed by atoms with van der Waals surface area (Å²) in [5, 5.41) is 7.99. The van der Waals surface area contributed by atoms with E-state index in [9.17, 15) is 4.79 Å². The van der Waals surface area contributed by atoms with Crippen LogP contribution in [-0.2, 0) is 19.3 Å². The number of amides is 1. The molecule has 1 aromatic carbocycles. The van der Waals surface area contributed by atoms with E-state index < -0.39 is 0 Å². The maximum Gasteiger partial charge on any atom is 0.251 e. The summed E-state index contributed by atoms with van der Waals surface area (Å²) in [6.07, 6.45) is 10.9. The Morgan fingerprint density at radius 3 is 2.61 bits per heavy atom. The van der Waals surface area contributed by atoms with Gasteiger partial charge in [-0.1, -0.05) is 31.1 Å². The topological polar surface area (TPSA) is 110 Å². The third kappa shape index (κ3) is 6.43. The molecular weight excluding hydrogens is 496 g/mol. The number of benzene rings is 1. The minimum absolute atomic E-state index is 0.00292. The molecule has 0 aliphatic heterocycles. The van der Waals surface area contributed by atoms with Gasteiger partial charge >= 0.3 is 0 Å². The van der Waals surface area contributed by atoms with Crippen LogP contribution >= 0.6 is 11.3 Å². The van der Waals surface area contributed by atoms with Crippen molar-refractivity contribution in [3.8, 4) is 11.4 Å². The van der Waals surface area contributed by atoms with E-state index in [0.717, 1.165) is 50.3 Å². The van der Waals surface area contributed by atoms with E-state index in [1.807, 2.05) is 31.2 Å². The smallest absolute Gasteiger partial charge is 0.251 e. The van der Waals surface area contributed by atoms with Gasteiger partial charge in [-0.05, 0) is 88.9 Å². The summed E-state index contributed by atoms with van der Waals surface area (Å²) in [4.78, 5) is 25.9. The molecule has 204 valence electrons. The second-order valence-electron chi connectivity index (χ2n) is 10.8. The van der Waals surface area contributed by atoms with Crippen LogP contribution in [0.25, 0.3) is 11.4 Å². The number of carbonyl (C=O) groups is 1. The van der Waals surface area contributed by atoms with Gasteiger partial charge in [0.2, 0.25) is 11.7 Å². The first kappa shape index (κ1) is 26.8. The van der Waals surface area contributed by atoms with Crippen molar-refractivity contribution in [2.45, 2.75) is 90.1 Å². The molecule has 0 bridgehead atoms. The summed E-state index contributed by atoms with van der Waals surface area (Å²) in [6.45, 7) is 6.58. The first-order chi connectivity index (χ1) is 18.5. The lowest BCUT2D eigenvalue weighted by atomic mass is 9.83. The Balaban J connectivity index is 1.07. The third-order valence-electron chi connectivity index (χ3n) is 8.14. The van der Waals surface area contributed by atoms with Gasteiger partial charge in [0.15, 0.2) is 5.13 Å². The highest BCUT2D eigenvalue weighted by molar-refractivity contribution is 7.15. The number of carbonyl (C=O) groups excluding carboxylic acids is 1. The predicted octanol–water partition coefficient (Wildman–Crippen LogP) is 5.29.